The van der Waals surface area contributed by atoms with Gasteiger partial charge in [0, 0.05) is 53.3 Å². The first-order valence-corrected chi connectivity index (χ1v) is 13.1. The number of amides is 1. The summed E-state index contributed by atoms with van der Waals surface area (Å²) in [6.45, 7) is 0.0927. The van der Waals surface area contributed by atoms with Crippen molar-refractivity contribution in [3.63, 3.8) is 0 Å². The van der Waals surface area contributed by atoms with E-state index in [9.17, 15) is 18.0 Å². The molecule has 3 heterocycles. The van der Waals surface area contributed by atoms with E-state index in [1.807, 2.05) is 48.6 Å². The third-order valence-corrected chi connectivity index (χ3v) is 6.98. The van der Waals surface area contributed by atoms with E-state index in [1.165, 1.54) is 23.9 Å². The van der Waals surface area contributed by atoms with Crippen LogP contribution in [0.3, 0.4) is 0 Å². The zero-order valence-corrected chi connectivity index (χ0v) is 21.5. The van der Waals surface area contributed by atoms with Crippen LogP contribution in [0.4, 0.5) is 18.9 Å². The number of thioether (sulfide) groups is 1. The highest BCUT2D eigenvalue weighted by Gasteiger charge is 2.33. The van der Waals surface area contributed by atoms with Crippen molar-refractivity contribution in [1.82, 2.24) is 19.7 Å². The number of nitrogens with zero attached hydrogens (tertiary/aromatic N) is 3. The zero-order valence-electron chi connectivity index (χ0n) is 20.7. The summed E-state index contributed by atoms with van der Waals surface area (Å²) in [5, 5.41) is 11.0. The van der Waals surface area contributed by atoms with Crippen molar-refractivity contribution >= 4 is 46.4 Å². The molecule has 5 aromatic rings. The summed E-state index contributed by atoms with van der Waals surface area (Å²) in [7, 11) is 0. The molecule has 0 bridgehead atoms. The van der Waals surface area contributed by atoms with Gasteiger partial charge in [-0.2, -0.15) is 18.3 Å². The Morgan fingerprint density at radius 2 is 1.87 bits per heavy atom. The Bertz CT molecular complexity index is 1590. The van der Waals surface area contributed by atoms with Crippen molar-refractivity contribution in [3.05, 3.63) is 108 Å². The maximum Gasteiger partial charge on any atom is 0.416 e. The average Bonchev–Trinajstić information content (AvgIpc) is 3.58. The number of halogens is 3. The molecule has 0 aliphatic heterocycles. The average molecular weight is 548 g/mol. The van der Waals surface area contributed by atoms with E-state index in [4.69, 9.17) is 0 Å². The van der Waals surface area contributed by atoms with Crippen molar-refractivity contribution in [1.29, 1.82) is 0 Å². The second-order valence-corrected chi connectivity index (χ2v) is 9.94. The number of carbonyl (C=O) groups excluding carboxylic acids is 1. The number of anilines is 1. The largest absolute Gasteiger partial charge is 0.416 e. The number of carbonyl (C=O) groups is 1. The zero-order chi connectivity index (χ0) is 27.2. The van der Waals surface area contributed by atoms with Crippen LogP contribution in [0, 0.1) is 0 Å². The van der Waals surface area contributed by atoms with Gasteiger partial charge in [0.2, 0.25) is 5.91 Å². The van der Waals surface area contributed by atoms with E-state index >= 15 is 0 Å². The number of rotatable bonds is 9. The molecule has 198 valence electrons. The summed E-state index contributed by atoms with van der Waals surface area (Å²) in [5.74, 6) is 0.119. The van der Waals surface area contributed by atoms with Crippen LogP contribution in [-0.4, -0.2) is 31.4 Å². The molecule has 10 heteroatoms. The molecule has 2 N–H and O–H groups in total. The molecule has 0 spiro atoms. The minimum absolute atomic E-state index is 0.0927. The van der Waals surface area contributed by atoms with Gasteiger partial charge in [0.25, 0.3) is 0 Å². The van der Waals surface area contributed by atoms with E-state index < -0.39 is 11.7 Å². The molecular formula is C29H24F3N5OS. The first kappa shape index (κ1) is 26.3. The number of alkyl halides is 3. The van der Waals surface area contributed by atoms with Gasteiger partial charge in [0.05, 0.1) is 22.5 Å². The molecule has 0 radical (unpaired) electrons. The molecule has 0 atom stereocenters. The van der Waals surface area contributed by atoms with Crippen molar-refractivity contribution < 1.29 is 18.0 Å². The number of H-pyrrole nitrogens is 1. The van der Waals surface area contributed by atoms with Gasteiger partial charge in [-0.25, -0.2) is 0 Å². The molecule has 39 heavy (non-hydrogen) atoms. The number of hydrogen-bond acceptors (Lipinski definition) is 4. The van der Waals surface area contributed by atoms with Crippen molar-refractivity contribution in [2.75, 3.05) is 11.1 Å². The number of fused-ring (bicyclic) bond motifs is 1. The summed E-state index contributed by atoms with van der Waals surface area (Å²) >= 11 is 1.49. The molecule has 6 nitrogen and oxygen atoms in total. The van der Waals surface area contributed by atoms with Gasteiger partial charge in [-0.3, -0.25) is 14.9 Å². The first-order valence-electron chi connectivity index (χ1n) is 12.2. The van der Waals surface area contributed by atoms with Crippen LogP contribution < -0.4 is 5.32 Å². The third kappa shape index (κ3) is 6.77. The summed E-state index contributed by atoms with van der Waals surface area (Å²) in [6, 6.07) is 19.0. The van der Waals surface area contributed by atoms with Gasteiger partial charge in [0.15, 0.2) is 0 Å². The molecule has 1 amide bonds. The van der Waals surface area contributed by atoms with Gasteiger partial charge in [0.1, 0.15) is 0 Å². The number of benzene rings is 2. The molecule has 3 aromatic heterocycles. The normalized spacial score (nSPS) is 11.9. The SMILES string of the molecule is O=C(CCSc1ccc2c(C=Cc3ccccn3)n[nH]c2c1)Nc1ccc(Cn2cccc2)c(C(F)(F)F)c1. The summed E-state index contributed by atoms with van der Waals surface area (Å²) < 4.78 is 42.7. The number of aromatic nitrogens is 4. The van der Waals surface area contributed by atoms with Gasteiger partial charge in [-0.05, 0) is 72.3 Å². The highest BCUT2D eigenvalue weighted by molar-refractivity contribution is 7.99. The number of nitrogens with one attached hydrogen (secondary N) is 2. The molecule has 0 aliphatic rings. The van der Waals surface area contributed by atoms with Crippen LogP contribution in [0.5, 0.6) is 0 Å². The number of pyridine rings is 1. The van der Waals surface area contributed by atoms with E-state index in [1.54, 1.807) is 35.3 Å². The van der Waals surface area contributed by atoms with E-state index in [2.05, 4.69) is 20.5 Å². The monoisotopic (exact) mass is 547 g/mol. The standard InChI is InChI=1S/C29H24F3N5OS/c30-29(31,32)25-17-22(7-6-20(25)19-37-14-3-4-15-37)34-28(38)12-16-39-23-9-10-24-26(35-36-27(24)18-23)11-8-21-5-1-2-13-33-21/h1-11,13-15,17-18H,12,16,19H2,(H,34,38)(H,35,36). The fourth-order valence-corrected chi connectivity index (χ4v) is 4.98. The second-order valence-electron chi connectivity index (χ2n) is 8.78. The van der Waals surface area contributed by atoms with Crippen molar-refractivity contribution in [2.45, 2.75) is 24.0 Å². The Morgan fingerprint density at radius 1 is 1.03 bits per heavy atom. The van der Waals surface area contributed by atoms with Crippen LogP contribution in [0.2, 0.25) is 0 Å². The lowest BCUT2D eigenvalue weighted by Gasteiger charge is -2.15. The fourth-order valence-electron chi connectivity index (χ4n) is 4.09. The maximum absolute atomic E-state index is 13.7. The van der Waals surface area contributed by atoms with Crippen molar-refractivity contribution in [3.8, 4) is 0 Å². The van der Waals surface area contributed by atoms with E-state index in [0.29, 0.717) is 5.75 Å². The smallest absolute Gasteiger partial charge is 0.350 e. The second kappa shape index (κ2) is 11.6. The predicted octanol–water partition coefficient (Wildman–Crippen LogP) is 7.12. The molecule has 0 saturated heterocycles. The quantitative estimate of drug-likeness (QED) is 0.193. The number of aromatic amines is 1. The summed E-state index contributed by atoms with van der Waals surface area (Å²) in [4.78, 5) is 17.7. The minimum Gasteiger partial charge on any atom is -0.350 e. The van der Waals surface area contributed by atoms with Crippen LogP contribution in [0.15, 0.2) is 90.2 Å². The molecule has 0 saturated carbocycles. The Balaban J connectivity index is 1.17. The summed E-state index contributed by atoms with van der Waals surface area (Å²) in [5.41, 5.74) is 2.00. The highest BCUT2D eigenvalue weighted by Crippen LogP contribution is 2.34. The lowest BCUT2D eigenvalue weighted by Crippen LogP contribution is -2.15. The van der Waals surface area contributed by atoms with Crippen molar-refractivity contribution in [2.24, 2.45) is 0 Å². The lowest BCUT2D eigenvalue weighted by molar-refractivity contribution is -0.138. The highest BCUT2D eigenvalue weighted by atomic mass is 32.2. The molecular weight excluding hydrogens is 523 g/mol. The Morgan fingerprint density at radius 3 is 2.64 bits per heavy atom. The molecule has 5 rings (SSSR count). The first-order chi connectivity index (χ1) is 18.8. The molecule has 0 unspecified atom stereocenters. The predicted molar refractivity (Wildman–Crippen MR) is 148 cm³/mol. The third-order valence-electron chi connectivity index (χ3n) is 5.98. The minimum atomic E-state index is -4.53. The summed E-state index contributed by atoms with van der Waals surface area (Å²) in [6.07, 6.45) is 4.55. The molecule has 0 fully saturated rings. The lowest BCUT2D eigenvalue weighted by atomic mass is 10.1. The van der Waals surface area contributed by atoms with E-state index in [0.717, 1.165) is 33.3 Å². The van der Waals surface area contributed by atoms with Gasteiger partial charge < -0.3 is 9.88 Å². The molecule has 2 aromatic carbocycles. The number of hydrogen-bond donors (Lipinski definition) is 2. The van der Waals surface area contributed by atoms with Crippen LogP contribution >= 0.6 is 11.8 Å². The Hall–Kier alpha value is -4.31. The Labute approximate surface area is 227 Å². The fraction of sp³-hybridized carbons (Fsp3) is 0.138. The maximum atomic E-state index is 13.7. The van der Waals surface area contributed by atoms with E-state index in [-0.39, 0.29) is 30.1 Å². The topological polar surface area (TPSA) is 75.6 Å². The van der Waals surface area contributed by atoms with Crippen LogP contribution in [0.1, 0.15) is 28.9 Å². The van der Waals surface area contributed by atoms with Gasteiger partial charge in [-0.15, -0.1) is 11.8 Å². The van der Waals surface area contributed by atoms with Crippen LogP contribution in [0.25, 0.3) is 23.1 Å². The van der Waals surface area contributed by atoms with Gasteiger partial charge >= 0.3 is 6.18 Å². The molecule has 0 aliphatic carbocycles. The Kier molecular flexibility index (Phi) is 7.83. The van der Waals surface area contributed by atoms with Crippen LogP contribution in [-0.2, 0) is 17.5 Å². The van der Waals surface area contributed by atoms with Gasteiger partial charge in [-0.1, -0.05) is 12.1 Å².